The van der Waals surface area contributed by atoms with E-state index in [0.717, 1.165) is 0 Å². The zero-order chi connectivity index (χ0) is 16.4. The van der Waals surface area contributed by atoms with Crippen LogP contribution in [0.3, 0.4) is 0 Å². The summed E-state index contributed by atoms with van der Waals surface area (Å²) in [5.74, 6) is 1.02. The van der Waals surface area contributed by atoms with E-state index in [4.69, 9.17) is 14.0 Å². The number of morpholine rings is 1. The molecule has 2 aromatic rings. The molecule has 0 radical (unpaired) electrons. The van der Waals surface area contributed by atoms with Gasteiger partial charge in [-0.3, -0.25) is 0 Å². The van der Waals surface area contributed by atoms with Crippen molar-refractivity contribution in [3.05, 3.63) is 24.0 Å². The standard InChI is InChI=1S/C14H17N3O5S/c1-10-15-14(22-16-10)11-3-4-12(20-2)13(9-11)23(18,19)17-5-7-21-8-6-17/h3-4,9H,5-8H2,1-2H3. The van der Waals surface area contributed by atoms with E-state index in [2.05, 4.69) is 10.1 Å². The van der Waals surface area contributed by atoms with Crippen molar-refractivity contribution in [2.24, 2.45) is 0 Å². The summed E-state index contributed by atoms with van der Waals surface area (Å²) < 4.78 is 42.7. The van der Waals surface area contributed by atoms with E-state index in [1.54, 1.807) is 19.1 Å². The normalized spacial score (nSPS) is 16.4. The largest absolute Gasteiger partial charge is 0.495 e. The van der Waals surface area contributed by atoms with E-state index in [9.17, 15) is 8.42 Å². The van der Waals surface area contributed by atoms with Crippen molar-refractivity contribution in [3.63, 3.8) is 0 Å². The Kier molecular flexibility index (Phi) is 4.33. The maximum atomic E-state index is 12.9. The number of sulfonamides is 1. The highest BCUT2D eigenvalue weighted by Crippen LogP contribution is 2.31. The number of benzene rings is 1. The molecule has 0 bridgehead atoms. The molecule has 0 atom stereocenters. The van der Waals surface area contributed by atoms with Crippen LogP contribution >= 0.6 is 0 Å². The van der Waals surface area contributed by atoms with Gasteiger partial charge in [0.25, 0.3) is 5.89 Å². The molecule has 1 aliphatic heterocycles. The highest BCUT2D eigenvalue weighted by Gasteiger charge is 2.30. The van der Waals surface area contributed by atoms with Gasteiger partial charge in [0.15, 0.2) is 5.82 Å². The number of hydrogen-bond donors (Lipinski definition) is 0. The van der Waals surface area contributed by atoms with E-state index >= 15 is 0 Å². The third-order valence-electron chi connectivity index (χ3n) is 3.53. The van der Waals surface area contributed by atoms with Gasteiger partial charge in [-0.25, -0.2) is 8.42 Å². The van der Waals surface area contributed by atoms with Crippen LogP contribution in [0, 0.1) is 6.92 Å². The van der Waals surface area contributed by atoms with Crippen molar-refractivity contribution in [2.75, 3.05) is 33.4 Å². The zero-order valence-electron chi connectivity index (χ0n) is 12.9. The van der Waals surface area contributed by atoms with Crippen LogP contribution in [0.2, 0.25) is 0 Å². The molecule has 1 fully saturated rings. The number of nitrogens with zero attached hydrogens (tertiary/aromatic N) is 3. The van der Waals surface area contributed by atoms with Gasteiger partial charge in [0.05, 0.1) is 20.3 Å². The van der Waals surface area contributed by atoms with Crippen molar-refractivity contribution < 1.29 is 22.4 Å². The summed E-state index contributed by atoms with van der Waals surface area (Å²) in [5.41, 5.74) is 0.526. The summed E-state index contributed by atoms with van der Waals surface area (Å²) in [4.78, 5) is 4.20. The Morgan fingerprint density at radius 3 is 2.61 bits per heavy atom. The third-order valence-corrected chi connectivity index (χ3v) is 5.45. The monoisotopic (exact) mass is 339 g/mol. The molecule has 1 aliphatic rings. The predicted octanol–water partition coefficient (Wildman–Crippen LogP) is 1.07. The molecule has 0 aliphatic carbocycles. The van der Waals surface area contributed by atoms with Gasteiger partial charge < -0.3 is 14.0 Å². The minimum atomic E-state index is -3.69. The highest BCUT2D eigenvalue weighted by molar-refractivity contribution is 7.89. The van der Waals surface area contributed by atoms with Crippen molar-refractivity contribution in [2.45, 2.75) is 11.8 Å². The summed E-state index contributed by atoms with van der Waals surface area (Å²) in [6, 6.07) is 4.77. The average molecular weight is 339 g/mol. The topological polar surface area (TPSA) is 94.8 Å². The molecule has 8 nitrogen and oxygen atoms in total. The van der Waals surface area contributed by atoms with Crippen molar-refractivity contribution in [1.82, 2.24) is 14.4 Å². The lowest BCUT2D eigenvalue weighted by molar-refractivity contribution is 0.0729. The molecule has 1 saturated heterocycles. The Morgan fingerprint density at radius 2 is 2.00 bits per heavy atom. The van der Waals surface area contributed by atoms with Gasteiger partial charge in [-0.15, -0.1) is 0 Å². The lowest BCUT2D eigenvalue weighted by Crippen LogP contribution is -2.40. The molecule has 0 unspecified atom stereocenters. The molecule has 3 rings (SSSR count). The smallest absolute Gasteiger partial charge is 0.257 e. The van der Waals surface area contributed by atoms with E-state index < -0.39 is 10.0 Å². The van der Waals surface area contributed by atoms with Crippen LogP contribution in [-0.4, -0.2) is 56.3 Å². The number of rotatable bonds is 4. The molecule has 23 heavy (non-hydrogen) atoms. The number of hydrogen-bond acceptors (Lipinski definition) is 7. The molecule has 2 heterocycles. The second-order valence-corrected chi connectivity index (χ2v) is 6.94. The second-order valence-electron chi connectivity index (χ2n) is 5.03. The quantitative estimate of drug-likeness (QED) is 0.822. The highest BCUT2D eigenvalue weighted by atomic mass is 32.2. The Bertz CT molecular complexity index is 796. The van der Waals surface area contributed by atoms with E-state index in [1.807, 2.05) is 0 Å². The minimum absolute atomic E-state index is 0.0789. The summed E-state index contributed by atoms with van der Waals surface area (Å²) in [6.07, 6.45) is 0. The van der Waals surface area contributed by atoms with Gasteiger partial charge in [-0.05, 0) is 25.1 Å². The number of aryl methyl sites for hydroxylation is 1. The summed E-state index contributed by atoms with van der Waals surface area (Å²) in [5, 5.41) is 3.72. The molecule has 0 amide bonds. The van der Waals surface area contributed by atoms with Crippen LogP contribution in [0.25, 0.3) is 11.5 Å². The zero-order valence-corrected chi connectivity index (χ0v) is 13.7. The molecule has 0 N–H and O–H groups in total. The Hall–Kier alpha value is -1.97. The lowest BCUT2D eigenvalue weighted by Gasteiger charge is -2.26. The molecular formula is C14H17N3O5S. The molecule has 0 saturated carbocycles. The SMILES string of the molecule is COc1ccc(-c2nc(C)no2)cc1S(=O)(=O)N1CCOCC1. The summed E-state index contributed by atoms with van der Waals surface area (Å²) >= 11 is 0. The Morgan fingerprint density at radius 1 is 1.26 bits per heavy atom. The number of aromatic nitrogens is 2. The number of ether oxygens (including phenoxy) is 2. The van der Waals surface area contributed by atoms with Gasteiger partial charge in [0.1, 0.15) is 10.6 Å². The van der Waals surface area contributed by atoms with Gasteiger partial charge >= 0.3 is 0 Å². The first-order valence-corrected chi connectivity index (χ1v) is 8.53. The lowest BCUT2D eigenvalue weighted by atomic mass is 10.2. The van der Waals surface area contributed by atoms with Gasteiger partial charge in [0.2, 0.25) is 10.0 Å². The molecular weight excluding hydrogens is 322 g/mol. The van der Waals surface area contributed by atoms with Gasteiger partial charge in [0, 0.05) is 18.7 Å². The van der Waals surface area contributed by atoms with E-state index in [0.29, 0.717) is 37.7 Å². The maximum absolute atomic E-state index is 12.9. The fourth-order valence-corrected chi connectivity index (χ4v) is 3.94. The molecule has 1 aromatic heterocycles. The van der Waals surface area contributed by atoms with Crippen LogP contribution in [0.15, 0.2) is 27.6 Å². The van der Waals surface area contributed by atoms with Crippen LogP contribution < -0.4 is 4.74 Å². The third kappa shape index (κ3) is 3.07. The Labute approximate surface area is 134 Å². The van der Waals surface area contributed by atoms with Crippen LogP contribution in [0.4, 0.5) is 0 Å². The van der Waals surface area contributed by atoms with Crippen molar-refractivity contribution in [1.29, 1.82) is 0 Å². The first kappa shape index (κ1) is 15.9. The molecule has 124 valence electrons. The molecule has 0 spiro atoms. The summed E-state index contributed by atoms with van der Waals surface area (Å²) in [7, 11) is -2.26. The second kappa shape index (κ2) is 6.26. The van der Waals surface area contributed by atoms with Crippen molar-refractivity contribution in [3.8, 4) is 17.2 Å². The first-order valence-electron chi connectivity index (χ1n) is 7.09. The van der Waals surface area contributed by atoms with Crippen LogP contribution in [0.1, 0.15) is 5.82 Å². The fraction of sp³-hybridized carbons (Fsp3) is 0.429. The first-order chi connectivity index (χ1) is 11.0. The van der Waals surface area contributed by atoms with Crippen molar-refractivity contribution >= 4 is 10.0 Å². The van der Waals surface area contributed by atoms with Gasteiger partial charge in [-0.2, -0.15) is 9.29 Å². The van der Waals surface area contributed by atoms with Crippen LogP contribution in [-0.2, 0) is 14.8 Å². The molecule has 9 heteroatoms. The fourth-order valence-electron chi connectivity index (χ4n) is 2.35. The minimum Gasteiger partial charge on any atom is -0.495 e. The Balaban J connectivity index is 2.05. The molecule has 1 aromatic carbocycles. The maximum Gasteiger partial charge on any atom is 0.257 e. The summed E-state index contributed by atoms with van der Waals surface area (Å²) in [6.45, 7) is 3.08. The van der Waals surface area contributed by atoms with Gasteiger partial charge in [-0.1, -0.05) is 5.16 Å². The van der Waals surface area contributed by atoms with E-state index in [-0.39, 0.29) is 16.5 Å². The van der Waals surface area contributed by atoms with Crippen LogP contribution in [0.5, 0.6) is 5.75 Å². The average Bonchev–Trinajstić information content (AvgIpc) is 3.01. The van der Waals surface area contributed by atoms with E-state index in [1.165, 1.54) is 17.5 Å². The predicted molar refractivity (Wildman–Crippen MR) is 80.6 cm³/mol. The number of methoxy groups -OCH3 is 1.